The van der Waals surface area contributed by atoms with Gasteiger partial charge in [-0.2, -0.15) is 0 Å². The van der Waals surface area contributed by atoms with Crippen molar-refractivity contribution in [3.05, 3.63) is 89.3 Å². The van der Waals surface area contributed by atoms with Crippen LogP contribution in [0.5, 0.6) is 0 Å². The van der Waals surface area contributed by atoms with Gasteiger partial charge in [-0.3, -0.25) is 4.79 Å². The molecule has 3 N–H and O–H groups in total. The van der Waals surface area contributed by atoms with E-state index in [0.29, 0.717) is 36.6 Å². The van der Waals surface area contributed by atoms with E-state index in [9.17, 15) is 15.0 Å². The second-order valence-corrected chi connectivity index (χ2v) is 21.2. The summed E-state index contributed by atoms with van der Waals surface area (Å²) < 4.78 is 1.12. The average Bonchev–Trinajstić information content (AvgIpc) is 3.73. The zero-order valence-electron chi connectivity index (χ0n) is 33.0. The monoisotopic (exact) mass is 758 g/mol. The summed E-state index contributed by atoms with van der Waals surface area (Å²) in [6.07, 6.45) is 15.8. The van der Waals surface area contributed by atoms with Crippen molar-refractivity contribution in [3.63, 3.8) is 0 Å². The van der Waals surface area contributed by atoms with E-state index < -0.39 is 16.4 Å². The van der Waals surface area contributed by atoms with E-state index in [1.807, 2.05) is 47.4 Å². The van der Waals surface area contributed by atoms with Gasteiger partial charge in [-0.15, -0.1) is 11.3 Å². The molecule has 0 aliphatic heterocycles. The summed E-state index contributed by atoms with van der Waals surface area (Å²) in [7, 11) is 0. The predicted octanol–water partition coefficient (Wildman–Crippen LogP) is 10.3. The van der Waals surface area contributed by atoms with Gasteiger partial charge in [0.25, 0.3) is 0 Å². The Morgan fingerprint density at radius 2 is 1.60 bits per heavy atom. The van der Waals surface area contributed by atoms with Crippen molar-refractivity contribution >= 4 is 38.9 Å². The molecular formula is C48H58N2O4S. The van der Waals surface area contributed by atoms with Crippen LogP contribution in [0.3, 0.4) is 0 Å². The lowest BCUT2D eigenvalue weighted by Gasteiger charge is -2.71. The molecule has 2 spiro atoms. The number of urea groups is 1. The van der Waals surface area contributed by atoms with E-state index >= 15 is 4.79 Å². The third kappa shape index (κ3) is 4.91. The van der Waals surface area contributed by atoms with Crippen molar-refractivity contribution in [2.24, 2.45) is 56.7 Å². The first-order chi connectivity index (χ1) is 26.2. The summed E-state index contributed by atoms with van der Waals surface area (Å²) >= 11 is 1.58. The van der Waals surface area contributed by atoms with Crippen molar-refractivity contribution < 1.29 is 19.8 Å². The molecule has 1 aromatic heterocycles. The summed E-state index contributed by atoms with van der Waals surface area (Å²) in [5, 5.41) is 28.8. The molecule has 2 amide bonds. The maximum atomic E-state index is 15.2. The van der Waals surface area contributed by atoms with Crippen molar-refractivity contribution in [2.45, 2.75) is 104 Å². The second kappa shape index (κ2) is 12.1. The van der Waals surface area contributed by atoms with Crippen LogP contribution in [0.15, 0.2) is 84.5 Å². The van der Waals surface area contributed by atoms with E-state index in [1.165, 1.54) is 12.8 Å². The fourth-order valence-electron chi connectivity index (χ4n) is 14.5. The van der Waals surface area contributed by atoms with Crippen molar-refractivity contribution in [1.82, 2.24) is 4.90 Å². The fraction of sp³-hybridized carbons (Fsp3) is 0.583. The van der Waals surface area contributed by atoms with Crippen LogP contribution in [0.25, 0.3) is 10.1 Å². The van der Waals surface area contributed by atoms with Crippen LogP contribution in [0, 0.1) is 56.7 Å². The highest BCUT2D eigenvalue weighted by Crippen LogP contribution is 2.78. The molecule has 2 aromatic carbocycles. The van der Waals surface area contributed by atoms with Gasteiger partial charge >= 0.3 is 6.03 Å². The summed E-state index contributed by atoms with van der Waals surface area (Å²) in [4.78, 5) is 32.4. The van der Waals surface area contributed by atoms with Gasteiger partial charge in [0.1, 0.15) is 0 Å². The molecule has 6 saturated carbocycles. The minimum atomic E-state index is -1.12. The fourth-order valence-corrected chi connectivity index (χ4v) is 15.6. The number of aliphatic hydroxyl groups is 2. The predicted molar refractivity (Wildman–Crippen MR) is 220 cm³/mol. The van der Waals surface area contributed by atoms with Crippen LogP contribution in [0.4, 0.5) is 10.5 Å². The number of para-hydroxylation sites is 1. The summed E-state index contributed by atoms with van der Waals surface area (Å²) in [5.41, 5.74) is -0.686. The number of nitrogens with one attached hydrogen (secondary N) is 1. The maximum absolute atomic E-state index is 15.2. The Hall–Kier alpha value is -3.26. The van der Waals surface area contributed by atoms with Crippen LogP contribution in [0.2, 0.25) is 0 Å². The first-order valence-electron chi connectivity index (χ1n) is 21.2. The summed E-state index contributed by atoms with van der Waals surface area (Å²) in [6.45, 7) is 10.5. The lowest BCUT2D eigenvalue weighted by atomic mass is 9.32. The maximum Gasteiger partial charge on any atom is 0.321 e. The third-order valence-corrected chi connectivity index (χ3v) is 18.9. The van der Waals surface area contributed by atoms with Gasteiger partial charge in [-0.05, 0) is 134 Å². The normalized spacial score (nSPS) is 41.7. The zero-order valence-corrected chi connectivity index (χ0v) is 33.8. The van der Waals surface area contributed by atoms with Crippen LogP contribution >= 0.6 is 11.3 Å². The molecule has 0 radical (unpaired) electrons. The molecule has 6 fully saturated rings. The molecule has 4 bridgehead atoms. The Morgan fingerprint density at radius 3 is 2.36 bits per heavy atom. The number of hydrogen-bond donors (Lipinski definition) is 3. The molecule has 1 heterocycles. The number of amides is 2. The van der Waals surface area contributed by atoms with Gasteiger partial charge in [0.2, 0.25) is 0 Å². The zero-order chi connectivity index (χ0) is 38.2. The number of benzene rings is 2. The van der Waals surface area contributed by atoms with Gasteiger partial charge in [0.15, 0.2) is 5.78 Å². The molecule has 290 valence electrons. The first kappa shape index (κ1) is 36.1. The Morgan fingerprint density at radius 1 is 0.873 bits per heavy atom. The summed E-state index contributed by atoms with van der Waals surface area (Å²) in [6, 6.07) is 19.9. The first-order valence-corrected chi connectivity index (χ1v) is 22.0. The number of rotatable bonds is 7. The van der Waals surface area contributed by atoms with Gasteiger partial charge < -0.3 is 20.4 Å². The van der Waals surface area contributed by atoms with Gasteiger partial charge in [-0.1, -0.05) is 82.3 Å². The number of allylic oxidation sites excluding steroid dienone is 4. The van der Waals surface area contributed by atoms with Crippen LogP contribution in [-0.4, -0.2) is 51.7 Å². The van der Waals surface area contributed by atoms with E-state index in [0.717, 1.165) is 70.7 Å². The lowest BCUT2D eigenvalue weighted by molar-refractivity contribution is -0.176. The van der Waals surface area contributed by atoms with E-state index in [4.69, 9.17) is 0 Å². The number of Topliss-reactive ketones (excluding diaryl/α,β-unsaturated/α-hetero) is 1. The third-order valence-electron chi connectivity index (χ3n) is 17.8. The number of ketones is 1. The number of carbonyl (C=O) groups excluding carboxylic acids is 2. The number of carbonyl (C=O) groups is 2. The minimum absolute atomic E-state index is 0.0339. The van der Waals surface area contributed by atoms with E-state index in [-0.39, 0.29) is 47.1 Å². The molecule has 0 saturated heterocycles. The Bertz CT molecular complexity index is 2090. The van der Waals surface area contributed by atoms with E-state index in [1.54, 1.807) is 11.3 Å². The molecule has 9 aliphatic rings. The number of thiophene rings is 1. The number of aliphatic hydroxyl groups excluding tert-OH is 1. The highest BCUT2D eigenvalue weighted by molar-refractivity contribution is 7.21. The standard InChI is InChI=1S/C48H58N2O4S/c1-43(2)32-15-14-31(35(43)25-32)28-50(42(53)49-33-11-6-5-7-12-33)29-47(54)21-18-40-45(47,4)20-17-39-44(3)19-16-34(51)26-46(44)22-23-48(39,40)36(27-46)41(52)38-24-30-10-8-9-13-37(30)55-38/h5-13,22-24,27,31-32,34-35,39-40,51,54H,14-21,25-26,28-29H2,1-4H3,(H,49,53)/t31-,32-,34?,35-,39+,40+,44+,45-,46-,47+,48+/m0/s1. The van der Waals surface area contributed by atoms with Crippen molar-refractivity contribution in [3.8, 4) is 0 Å². The highest BCUT2D eigenvalue weighted by Gasteiger charge is 2.74. The number of hydrogen-bond acceptors (Lipinski definition) is 5. The van der Waals surface area contributed by atoms with E-state index in [2.05, 4.69) is 69.4 Å². The molecule has 1 unspecified atom stereocenters. The van der Waals surface area contributed by atoms with Crippen LogP contribution < -0.4 is 5.32 Å². The van der Waals surface area contributed by atoms with Crippen molar-refractivity contribution in [1.29, 1.82) is 0 Å². The van der Waals surface area contributed by atoms with Gasteiger partial charge in [-0.25, -0.2) is 4.79 Å². The number of nitrogens with zero attached hydrogens (tertiary/aromatic N) is 1. The number of anilines is 1. The Kier molecular flexibility index (Phi) is 7.96. The smallest absolute Gasteiger partial charge is 0.321 e. The molecule has 11 atom stereocenters. The van der Waals surface area contributed by atoms with Crippen LogP contribution in [0.1, 0.15) is 102 Å². The molecule has 9 aliphatic carbocycles. The molecule has 55 heavy (non-hydrogen) atoms. The molecule has 3 aromatic rings. The quantitative estimate of drug-likeness (QED) is 0.165. The SMILES string of the molecule is CC1(C)[C@H]2CC[C@@H](CN(C[C@]3(O)CC[C@H]4[C@]56C=C[C@@]7(C=C5C(=O)c5cc8ccccc8s5)CC(O)CC[C@]7(C)[C@H]6CC[C@@]43C)C(=O)Nc3ccccc3)[C@@H]1C2. The lowest BCUT2D eigenvalue weighted by Crippen LogP contribution is -2.67. The molecular weight excluding hydrogens is 701 g/mol. The van der Waals surface area contributed by atoms with Crippen LogP contribution in [-0.2, 0) is 0 Å². The Labute approximate surface area is 330 Å². The van der Waals surface area contributed by atoms with Crippen molar-refractivity contribution in [2.75, 3.05) is 18.4 Å². The Balaban J connectivity index is 1.03. The molecule has 7 heteroatoms. The minimum Gasteiger partial charge on any atom is -0.393 e. The topological polar surface area (TPSA) is 89.9 Å². The second-order valence-electron chi connectivity index (χ2n) is 20.2. The summed E-state index contributed by atoms with van der Waals surface area (Å²) in [5.74, 6) is 2.15. The largest absolute Gasteiger partial charge is 0.393 e. The van der Waals surface area contributed by atoms with Gasteiger partial charge in [0, 0.05) is 38.8 Å². The molecule has 12 rings (SSSR count). The highest BCUT2D eigenvalue weighted by atomic mass is 32.1. The molecule has 6 nitrogen and oxygen atoms in total. The number of fused-ring (bicyclic) bond motifs is 4. The van der Waals surface area contributed by atoms with Gasteiger partial charge in [0.05, 0.1) is 23.1 Å². The average molecular weight is 759 g/mol.